The van der Waals surface area contributed by atoms with Crippen molar-refractivity contribution in [3.8, 4) is 5.69 Å². The van der Waals surface area contributed by atoms with Crippen molar-refractivity contribution in [3.63, 3.8) is 0 Å². The van der Waals surface area contributed by atoms with E-state index in [1.54, 1.807) is 0 Å². The predicted octanol–water partition coefficient (Wildman–Crippen LogP) is 3.51. The molecule has 0 unspecified atom stereocenters. The summed E-state index contributed by atoms with van der Waals surface area (Å²) in [6, 6.07) is 10.1. The van der Waals surface area contributed by atoms with Crippen molar-refractivity contribution in [2.75, 3.05) is 0 Å². The predicted molar refractivity (Wildman–Crippen MR) is 91.6 cm³/mol. The van der Waals surface area contributed by atoms with Gasteiger partial charge in [0.25, 0.3) is 0 Å². The zero-order chi connectivity index (χ0) is 15.6. The van der Waals surface area contributed by atoms with Gasteiger partial charge in [0.05, 0.1) is 15.9 Å². The van der Waals surface area contributed by atoms with Crippen LogP contribution in [0.4, 0.5) is 0 Å². The number of rotatable bonds is 2. The van der Waals surface area contributed by atoms with Gasteiger partial charge in [-0.1, -0.05) is 11.3 Å². The van der Waals surface area contributed by atoms with Crippen LogP contribution in [0.15, 0.2) is 35.1 Å². The van der Waals surface area contributed by atoms with Gasteiger partial charge in [-0.15, -0.1) is 0 Å². The van der Waals surface area contributed by atoms with Crippen LogP contribution in [-0.4, -0.2) is 19.5 Å². The van der Waals surface area contributed by atoms with Gasteiger partial charge < -0.3 is 4.98 Å². The minimum atomic E-state index is -0.0241. The highest BCUT2D eigenvalue weighted by molar-refractivity contribution is 7.16. The second-order valence-corrected chi connectivity index (χ2v) is 7.08. The SMILES string of the molecule is Cc1ccc2nc(C3CC3)n(-c3ccc4[nH]c(=O)sc4c3)c2n1. The lowest BCUT2D eigenvalue weighted by molar-refractivity contribution is 0.890. The highest BCUT2D eigenvalue weighted by atomic mass is 32.1. The lowest BCUT2D eigenvalue weighted by Crippen LogP contribution is -2.01. The molecule has 0 spiro atoms. The van der Waals surface area contributed by atoms with Crippen LogP contribution in [0.2, 0.25) is 0 Å². The van der Waals surface area contributed by atoms with Crippen molar-refractivity contribution < 1.29 is 0 Å². The summed E-state index contributed by atoms with van der Waals surface area (Å²) in [6.07, 6.45) is 2.37. The first kappa shape index (κ1) is 13.0. The number of hydrogen-bond donors (Lipinski definition) is 1. The van der Waals surface area contributed by atoms with Gasteiger partial charge >= 0.3 is 4.87 Å². The van der Waals surface area contributed by atoms with Gasteiger partial charge in [-0.3, -0.25) is 9.36 Å². The highest BCUT2D eigenvalue weighted by Crippen LogP contribution is 2.41. The number of aromatic amines is 1. The fourth-order valence-electron chi connectivity index (χ4n) is 3.01. The molecule has 114 valence electrons. The number of hydrogen-bond acceptors (Lipinski definition) is 4. The molecule has 1 N–H and O–H groups in total. The van der Waals surface area contributed by atoms with Gasteiger partial charge in [-0.2, -0.15) is 0 Å². The summed E-state index contributed by atoms with van der Waals surface area (Å²) in [6.45, 7) is 1.99. The fourth-order valence-corrected chi connectivity index (χ4v) is 3.78. The number of nitrogens with zero attached hydrogens (tertiary/aromatic N) is 3. The van der Waals surface area contributed by atoms with Gasteiger partial charge in [0.15, 0.2) is 5.65 Å². The van der Waals surface area contributed by atoms with E-state index < -0.39 is 0 Å². The molecule has 1 saturated carbocycles. The summed E-state index contributed by atoms with van der Waals surface area (Å²) in [5.41, 5.74) is 4.71. The second kappa shape index (κ2) is 4.52. The summed E-state index contributed by atoms with van der Waals surface area (Å²) in [7, 11) is 0. The Kier molecular flexibility index (Phi) is 2.56. The Morgan fingerprint density at radius 1 is 1.22 bits per heavy atom. The first-order chi connectivity index (χ1) is 11.2. The third kappa shape index (κ3) is 2.02. The lowest BCUT2D eigenvalue weighted by atomic mass is 10.2. The summed E-state index contributed by atoms with van der Waals surface area (Å²) in [5, 5.41) is 0. The highest BCUT2D eigenvalue weighted by Gasteiger charge is 2.30. The standard InChI is InChI=1S/C17H14N4OS/c1-9-2-6-13-16(18-9)21(15(19-13)10-3-4-10)11-5-7-12-14(8-11)23-17(22)20-12/h2,5-8,10H,3-4H2,1H3,(H,20,22). The zero-order valence-corrected chi connectivity index (χ0v) is 13.4. The average molecular weight is 322 g/mol. The zero-order valence-electron chi connectivity index (χ0n) is 12.5. The van der Waals surface area contributed by atoms with E-state index in [4.69, 9.17) is 9.97 Å². The molecule has 0 radical (unpaired) electrons. The molecular weight excluding hydrogens is 308 g/mol. The minimum absolute atomic E-state index is 0.0241. The molecule has 0 aliphatic heterocycles. The molecule has 6 heteroatoms. The Bertz CT molecular complexity index is 1120. The Labute approximate surface area is 135 Å². The van der Waals surface area contributed by atoms with Gasteiger partial charge in [-0.05, 0) is 50.1 Å². The van der Waals surface area contributed by atoms with E-state index >= 15 is 0 Å². The molecule has 4 aromatic rings. The lowest BCUT2D eigenvalue weighted by Gasteiger charge is -2.08. The average Bonchev–Trinajstić information content (AvgIpc) is 3.20. The van der Waals surface area contributed by atoms with Gasteiger partial charge in [-0.25, -0.2) is 9.97 Å². The summed E-state index contributed by atoms with van der Waals surface area (Å²) < 4.78 is 3.12. The van der Waals surface area contributed by atoms with Gasteiger partial charge in [0.2, 0.25) is 0 Å². The van der Waals surface area contributed by atoms with Crippen molar-refractivity contribution in [2.45, 2.75) is 25.7 Å². The van der Waals surface area contributed by atoms with Crippen LogP contribution in [0.1, 0.15) is 30.3 Å². The van der Waals surface area contributed by atoms with E-state index in [1.807, 2.05) is 31.2 Å². The van der Waals surface area contributed by atoms with Crippen molar-refractivity contribution >= 4 is 32.7 Å². The van der Waals surface area contributed by atoms with E-state index in [0.717, 1.165) is 38.6 Å². The van der Waals surface area contributed by atoms with Crippen LogP contribution in [0.5, 0.6) is 0 Å². The first-order valence-corrected chi connectivity index (χ1v) is 8.50. The van der Waals surface area contributed by atoms with Crippen molar-refractivity contribution in [1.29, 1.82) is 0 Å². The summed E-state index contributed by atoms with van der Waals surface area (Å²) in [4.78, 5) is 23.9. The molecule has 5 rings (SSSR count). The second-order valence-electron chi connectivity index (χ2n) is 6.07. The molecule has 0 amide bonds. The summed E-state index contributed by atoms with van der Waals surface area (Å²) >= 11 is 1.24. The van der Waals surface area contributed by atoms with Crippen LogP contribution in [0.25, 0.3) is 27.1 Å². The van der Waals surface area contributed by atoms with Crippen LogP contribution in [0, 0.1) is 6.92 Å². The van der Waals surface area contributed by atoms with E-state index in [1.165, 1.54) is 24.2 Å². The molecule has 3 aromatic heterocycles. The number of nitrogens with one attached hydrogen (secondary N) is 1. The number of imidazole rings is 1. The number of aryl methyl sites for hydroxylation is 1. The third-order valence-corrected chi connectivity index (χ3v) is 5.12. The van der Waals surface area contributed by atoms with Crippen LogP contribution >= 0.6 is 11.3 Å². The van der Waals surface area contributed by atoms with Gasteiger partial charge in [0.1, 0.15) is 11.3 Å². The number of thiazole rings is 1. The van der Waals surface area contributed by atoms with Crippen LogP contribution in [-0.2, 0) is 0 Å². The molecule has 3 heterocycles. The first-order valence-electron chi connectivity index (χ1n) is 7.68. The number of aromatic nitrogens is 4. The van der Waals surface area contributed by atoms with Crippen molar-refractivity contribution in [2.24, 2.45) is 0 Å². The number of pyridine rings is 1. The Balaban J connectivity index is 1.83. The maximum atomic E-state index is 11.6. The maximum Gasteiger partial charge on any atom is 0.305 e. The fraction of sp³-hybridized carbons (Fsp3) is 0.235. The van der Waals surface area contributed by atoms with Crippen LogP contribution in [0.3, 0.4) is 0 Å². The molecule has 1 fully saturated rings. The van der Waals surface area contributed by atoms with Crippen LogP contribution < -0.4 is 4.87 Å². The number of fused-ring (bicyclic) bond motifs is 2. The number of benzene rings is 1. The molecular formula is C17H14N4OS. The molecule has 0 bridgehead atoms. The molecule has 1 aliphatic carbocycles. The molecule has 0 atom stereocenters. The Hall–Kier alpha value is -2.47. The largest absolute Gasteiger partial charge is 0.312 e. The van der Waals surface area contributed by atoms with E-state index in [-0.39, 0.29) is 4.87 Å². The van der Waals surface area contributed by atoms with E-state index in [2.05, 4.69) is 15.6 Å². The van der Waals surface area contributed by atoms with Crippen molar-refractivity contribution in [3.05, 3.63) is 51.5 Å². The molecule has 5 nitrogen and oxygen atoms in total. The molecule has 0 saturated heterocycles. The van der Waals surface area contributed by atoms with Gasteiger partial charge in [0, 0.05) is 11.6 Å². The topological polar surface area (TPSA) is 63.6 Å². The molecule has 23 heavy (non-hydrogen) atoms. The third-order valence-electron chi connectivity index (χ3n) is 4.27. The summed E-state index contributed by atoms with van der Waals surface area (Å²) in [5.74, 6) is 1.60. The Morgan fingerprint density at radius 3 is 2.91 bits per heavy atom. The normalized spacial score (nSPS) is 14.8. The molecule has 1 aliphatic rings. The quantitative estimate of drug-likeness (QED) is 0.614. The smallest absolute Gasteiger partial charge is 0.305 e. The molecule has 1 aromatic carbocycles. The minimum Gasteiger partial charge on any atom is -0.312 e. The van der Waals surface area contributed by atoms with Crippen molar-refractivity contribution in [1.82, 2.24) is 19.5 Å². The van der Waals surface area contributed by atoms with E-state index in [0.29, 0.717) is 5.92 Å². The Morgan fingerprint density at radius 2 is 2.09 bits per heavy atom. The maximum absolute atomic E-state index is 11.6. The monoisotopic (exact) mass is 322 g/mol. The number of H-pyrrole nitrogens is 1. The van der Waals surface area contributed by atoms with E-state index in [9.17, 15) is 4.79 Å².